The van der Waals surface area contributed by atoms with Gasteiger partial charge in [0.05, 0.1) is 10.8 Å². The molecule has 1 amide bonds. The number of carbonyl (C=O) groups is 1. The first-order chi connectivity index (χ1) is 14.5. The van der Waals surface area contributed by atoms with Gasteiger partial charge in [0.15, 0.2) is 0 Å². The Balaban J connectivity index is 1.55. The second kappa shape index (κ2) is 8.44. The van der Waals surface area contributed by atoms with E-state index in [-0.39, 0.29) is 11.3 Å². The zero-order valence-electron chi connectivity index (χ0n) is 18.0. The second-order valence-electron chi connectivity index (χ2n) is 8.53. The number of amides is 1. The number of hydrogen-bond acceptors (Lipinski definition) is 5. The van der Waals surface area contributed by atoms with E-state index in [1.807, 2.05) is 36.5 Å². The molecule has 158 valence electrons. The van der Waals surface area contributed by atoms with Crippen LogP contribution in [0.1, 0.15) is 24.8 Å². The minimum absolute atomic E-state index is 0.126. The average Bonchev–Trinajstić information content (AvgIpc) is 3.14. The Morgan fingerprint density at radius 1 is 1.20 bits per heavy atom. The standard InChI is InChI=1S/C23H30N6O/c1-17-15-24-20-19(17)21(26-16-25-20)29-13-10-23(11-14-29,9-12-28(2)3)22(30)27-18-7-5-4-6-8-18/h4-8,15-16H,9-14H2,1-3H3,(H,27,30)(H,24,25,26). The van der Waals surface area contributed by atoms with E-state index in [2.05, 4.69) is 51.1 Å². The van der Waals surface area contributed by atoms with Crippen molar-refractivity contribution < 1.29 is 4.79 Å². The van der Waals surface area contributed by atoms with E-state index in [0.717, 1.165) is 67.0 Å². The number of nitrogens with zero attached hydrogens (tertiary/aromatic N) is 4. The number of anilines is 2. The lowest BCUT2D eigenvalue weighted by molar-refractivity contribution is -0.127. The van der Waals surface area contributed by atoms with Gasteiger partial charge in [0.25, 0.3) is 0 Å². The quantitative estimate of drug-likeness (QED) is 0.656. The van der Waals surface area contributed by atoms with Crippen molar-refractivity contribution in [3.63, 3.8) is 0 Å². The van der Waals surface area contributed by atoms with Crippen LogP contribution in [0.15, 0.2) is 42.9 Å². The first kappa shape index (κ1) is 20.3. The molecular formula is C23H30N6O. The summed E-state index contributed by atoms with van der Waals surface area (Å²) >= 11 is 0. The summed E-state index contributed by atoms with van der Waals surface area (Å²) in [6.07, 6.45) is 6.03. The van der Waals surface area contributed by atoms with E-state index in [1.54, 1.807) is 6.33 Å². The van der Waals surface area contributed by atoms with Crippen molar-refractivity contribution in [1.29, 1.82) is 0 Å². The molecule has 1 fully saturated rings. The fourth-order valence-corrected chi connectivity index (χ4v) is 4.30. The molecule has 2 N–H and O–H groups in total. The Hall–Kier alpha value is -2.93. The molecule has 0 bridgehead atoms. The van der Waals surface area contributed by atoms with Crippen LogP contribution in [-0.4, -0.2) is 59.5 Å². The Kier molecular flexibility index (Phi) is 5.72. The van der Waals surface area contributed by atoms with Crippen molar-refractivity contribution in [2.45, 2.75) is 26.2 Å². The van der Waals surface area contributed by atoms with E-state index >= 15 is 0 Å². The molecule has 1 saturated heterocycles. The maximum Gasteiger partial charge on any atom is 0.230 e. The summed E-state index contributed by atoms with van der Waals surface area (Å²) in [7, 11) is 4.12. The Labute approximate surface area is 177 Å². The van der Waals surface area contributed by atoms with Crippen LogP contribution in [0.4, 0.5) is 11.5 Å². The van der Waals surface area contributed by atoms with Gasteiger partial charge in [-0.3, -0.25) is 4.79 Å². The number of para-hydroxylation sites is 1. The van der Waals surface area contributed by atoms with Crippen LogP contribution in [-0.2, 0) is 4.79 Å². The summed E-state index contributed by atoms with van der Waals surface area (Å²) in [6, 6.07) is 9.74. The van der Waals surface area contributed by atoms with Gasteiger partial charge in [-0.25, -0.2) is 9.97 Å². The van der Waals surface area contributed by atoms with Gasteiger partial charge in [-0.15, -0.1) is 0 Å². The van der Waals surface area contributed by atoms with Crippen molar-refractivity contribution in [2.75, 3.05) is 43.9 Å². The molecule has 0 spiro atoms. The van der Waals surface area contributed by atoms with Crippen molar-refractivity contribution in [1.82, 2.24) is 19.9 Å². The van der Waals surface area contributed by atoms with E-state index in [9.17, 15) is 4.79 Å². The smallest absolute Gasteiger partial charge is 0.230 e. The van der Waals surface area contributed by atoms with E-state index in [1.165, 1.54) is 0 Å². The maximum absolute atomic E-state index is 13.4. The highest BCUT2D eigenvalue weighted by atomic mass is 16.2. The minimum Gasteiger partial charge on any atom is -0.356 e. The van der Waals surface area contributed by atoms with Crippen LogP contribution < -0.4 is 10.2 Å². The minimum atomic E-state index is -0.379. The first-order valence-corrected chi connectivity index (χ1v) is 10.5. The van der Waals surface area contributed by atoms with Gasteiger partial charge in [0, 0.05) is 25.0 Å². The van der Waals surface area contributed by atoms with Crippen molar-refractivity contribution in [3.05, 3.63) is 48.4 Å². The number of H-pyrrole nitrogens is 1. The number of rotatable bonds is 6. The predicted octanol–water partition coefficient (Wildman–Crippen LogP) is 3.44. The van der Waals surface area contributed by atoms with Crippen LogP contribution in [0.3, 0.4) is 0 Å². The molecule has 0 saturated carbocycles. The van der Waals surface area contributed by atoms with Crippen LogP contribution in [0.5, 0.6) is 0 Å². The average molecular weight is 407 g/mol. The Morgan fingerprint density at radius 3 is 2.63 bits per heavy atom. The van der Waals surface area contributed by atoms with E-state index in [4.69, 9.17) is 0 Å². The molecule has 1 aromatic carbocycles. The maximum atomic E-state index is 13.4. The largest absolute Gasteiger partial charge is 0.356 e. The van der Waals surface area contributed by atoms with Crippen molar-refractivity contribution in [2.24, 2.45) is 5.41 Å². The highest BCUT2D eigenvalue weighted by Crippen LogP contribution is 2.39. The van der Waals surface area contributed by atoms with Gasteiger partial charge < -0.3 is 20.1 Å². The number of carbonyl (C=O) groups excluding carboxylic acids is 1. The van der Waals surface area contributed by atoms with Gasteiger partial charge in [-0.05, 0) is 64.5 Å². The summed E-state index contributed by atoms with van der Waals surface area (Å²) in [5.74, 6) is 1.09. The van der Waals surface area contributed by atoms with Gasteiger partial charge in [0.1, 0.15) is 17.8 Å². The number of aromatic nitrogens is 3. The van der Waals surface area contributed by atoms with Crippen LogP contribution in [0.25, 0.3) is 11.0 Å². The lowest BCUT2D eigenvalue weighted by Crippen LogP contribution is -2.48. The molecule has 7 heteroatoms. The molecular weight excluding hydrogens is 376 g/mol. The molecule has 2 aromatic heterocycles. The number of aromatic amines is 1. The summed E-state index contributed by atoms with van der Waals surface area (Å²) in [6.45, 7) is 4.56. The Morgan fingerprint density at radius 2 is 1.93 bits per heavy atom. The highest BCUT2D eigenvalue weighted by molar-refractivity contribution is 5.96. The topological polar surface area (TPSA) is 77.2 Å². The van der Waals surface area contributed by atoms with E-state index in [0.29, 0.717) is 0 Å². The molecule has 7 nitrogen and oxygen atoms in total. The zero-order valence-corrected chi connectivity index (χ0v) is 18.0. The number of nitrogens with one attached hydrogen (secondary N) is 2. The molecule has 0 unspecified atom stereocenters. The van der Waals surface area contributed by atoms with Gasteiger partial charge in [-0.1, -0.05) is 18.2 Å². The molecule has 0 atom stereocenters. The lowest BCUT2D eigenvalue weighted by Gasteiger charge is -2.41. The van der Waals surface area contributed by atoms with Crippen molar-refractivity contribution >= 4 is 28.4 Å². The number of fused-ring (bicyclic) bond motifs is 1. The monoisotopic (exact) mass is 406 g/mol. The number of benzene rings is 1. The normalized spacial score (nSPS) is 16.2. The van der Waals surface area contributed by atoms with Crippen LogP contribution in [0, 0.1) is 12.3 Å². The SMILES string of the molecule is Cc1c[nH]c2ncnc(N3CCC(CCN(C)C)(C(=O)Nc4ccccc4)CC3)c12. The first-order valence-electron chi connectivity index (χ1n) is 10.5. The number of hydrogen-bond donors (Lipinski definition) is 2. The van der Waals surface area contributed by atoms with E-state index < -0.39 is 0 Å². The predicted molar refractivity (Wildman–Crippen MR) is 121 cm³/mol. The number of piperidine rings is 1. The third kappa shape index (κ3) is 4.03. The van der Waals surface area contributed by atoms with Crippen LogP contribution in [0.2, 0.25) is 0 Å². The third-order valence-electron chi connectivity index (χ3n) is 6.22. The molecule has 0 aliphatic carbocycles. The van der Waals surface area contributed by atoms with Gasteiger partial charge in [-0.2, -0.15) is 0 Å². The van der Waals surface area contributed by atoms with Crippen LogP contribution >= 0.6 is 0 Å². The summed E-state index contributed by atoms with van der Waals surface area (Å²) in [4.78, 5) is 30.0. The molecule has 30 heavy (non-hydrogen) atoms. The summed E-state index contributed by atoms with van der Waals surface area (Å²) in [5, 5.41) is 4.23. The fraction of sp³-hybridized carbons (Fsp3) is 0.435. The molecule has 3 heterocycles. The van der Waals surface area contributed by atoms with Gasteiger partial charge in [0.2, 0.25) is 5.91 Å². The van der Waals surface area contributed by atoms with Gasteiger partial charge >= 0.3 is 0 Å². The fourth-order valence-electron chi connectivity index (χ4n) is 4.30. The Bertz CT molecular complexity index is 1000. The molecule has 4 rings (SSSR count). The summed E-state index contributed by atoms with van der Waals surface area (Å²) < 4.78 is 0. The van der Waals surface area contributed by atoms with Crippen molar-refractivity contribution in [3.8, 4) is 0 Å². The molecule has 0 radical (unpaired) electrons. The highest BCUT2D eigenvalue weighted by Gasteiger charge is 2.41. The third-order valence-corrected chi connectivity index (χ3v) is 6.22. The molecule has 3 aromatic rings. The summed E-state index contributed by atoms with van der Waals surface area (Å²) in [5.41, 5.74) is 2.49. The second-order valence-corrected chi connectivity index (χ2v) is 8.53. The number of aryl methyl sites for hydroxylation is 1. The zero-order chi connectivity index (χ0) is 21.1. The molecule has 1 aliphatic rings. The lowest BCUT2D eigenvalue weighted by atomic mass is 9.74. The molecule has 1 aliphatic heterocycles.